The number of carbonyl (C=O) groups is 1. The summed E-state index contributed by atoms with van der Waals surface area (Å²) in [5.74, 6) is -0.474. The molecule has 0 heterocycles. The van der Waals surface area contributed by atoms with Crippen molar-refractivity contribution in [2.24, 2.45) is 0 Å². The van der Waals surface area contributed by atoms with E-state index in [0.717, 1.165) is 19.3 Å². The molecule has 0 saturated carbocycles. The maximum absolute atomic E-state index is 11.8. The number of rotatable bonds is 13. The SMILES string of the molecule is CCCCCCCCCCCCOC(=O)c1ccc(S(=O)(=O)O)cc1. The van der Waals surface area contributed by atoms with Crippen LogP contribution < -0.4 is 0 Å². The third kappa shape index (κ3) is 9.60. The Hall–Kier alpha value is -1.40. The van der Waals surface area contributed by atoms with Crippen LogP contribution >= 0.6 is 0 Å². The van der Waals surface area contributed by atoms with E-state index in [0.29, 0.717) is 6.61 Å². The van der Waals surface area contributed by atoms with E-state index in [1.54, 1.807) is 0 Å². The molecule has 6 heteroatoms. The lowest BCUT2D eigenvalue weighted by atomic mass is 10.1. The fourth-order valence-corrected chi connectivity index (χ4v) is 3.08. The molecule has 1 rings (SSSR count). The van der Waals surface area contributed by atoms with E-state index in [2.05, 4.69) is 6.92 Å². The summed E-state index contributed by atoms with van der Waals surface area (Å²) in [6.07, 6.45) is 12.2. The quantitative estimate of drug-likeness (QED) is 0.300. The fourth-order valence-electron chi connectivity index (χ4n) is 2.60. The van der Waals surface area contributed by atoms with Gasteiger partial charge in [-0.05, 0) is 30.7 Å². The Morgan fingerprint density at radius 3 is 1.84 bits per heavy atom. The topological polar surface area (TPSA) is 80.7 Å². The molecule has 0 fully saturated rings. The molecule has 0 spiro atoms. The number of hydrogen-bond acceptors (Lipinski definition) is 4. The summed E-state index contributed by atoms with van der Waals surface area (Å²) in [5, 5.41) is 0. The lowest BCUT2D eigenvalue weighted by Gasteiger charge is -2.06. The van der Waals surface area contributed by atoms with E-state index in [4.69, 9.17) is 9.29 Å². The van der Waals surface area contributed by atoms with Gasteiger partial charge in [-0.3, -0.25) is 4.55 Å². The summed E-state index contributed by atoms with van der Waals surface area (Å²) in [7, 11) is -4.24. The van der Waals surface area contributed by atoms with Gasteiger partial charge >= 0.3 is 5.97 Å². The van der Waals surface area contributed by atoms with Crippen LogP contribution in [0.5, 0.6) is 0 Å². The first-order chi connectivity index (χ1) is 11.9. The number of benzene rings is 1. The molecule has 0 aliphatic heterocycles. The van der Waals surface area contributed by atoms with E-state index in [9.17, 15) is 13.2 Å². The highest BCUT2D eigenvalue weighted by Gasteiger charge is 2.12. The van der Waals surface area contributed by atoms with Gasteiger partial charge in [0, 0.05) is 0 Å². The van der Waals surface area contributed by atoms with Crippen molar-refractivity contribution >= 4 is 16.1 Å². The van der Waals surface area contributed by atoms with Crippen molar-refractivity contribution in [2.75, 3.05) is 6.61 Å². The van der Waals surface area contributed by atoms with Gasteiger partial charge < -0.3 is 4.74 Å². The summed E-state index contributed by atoms with van der Waals surface area (Å²) < 4.78 is 35.9. The first-order valence-electron chi connectivity index (χ1n) is 9.20. The summed E-state index contributed by atoms with van der Waals surface area (Å²) in [4.78, 5) is 11.6. The highest BCUT2D eigenvalue weighted by atomic mass is 32.2. The zero-order valence-corrected chi connectivity index (χ0v) is 15.9. The van der Waals surface area contributed by atoms with E-state index in [-0.39, 0.29) is 10.5 Å². The molecule has 25 heavy (non-hydrogen) atoms. The molecule has 0 saturated heterocycles. The molecule has 0 atom stereocenters. The van der Waals surface area contributed by atoms with Crippen molar-refractivity contribution < 1.29 is 22.5 Å². The zero-order valence-electron chi connectivity index (χ0n) is 15.1. The van der Waals surface area contributed by atoms with Crippen molar-refractivity contribution in [3.8, 4) is 0 Å². The highest BCUT2D eigenvalue weighted by molar-refractivity contribution is 7.85. The van der Waals surface area contributed by atoms with Crippen molar-refractivity contribution in [1.82, 2.24) is 0 Å². The van der Waals surface area contributed by atoms with Gasteiger partial charge in [0.2, 0.25) is 0 Å². The van der Waals surface area contributed by atoms with Gasteiger partial charge in [-0.1, -0.05) is 64.7 Å². The first-order valence-corrected chi connectivity index (χ1v) is 10.6. The second kappa shape index (κ2) is 12.0. The van der Waals surface area contributed by atoms with Crippen LogP contribution in [-0.2, 0) is 14.9 Å². The molecule has 0 aromatic heterocycles. The Kier molecular flexibility index (Phi) is 10.4. The largest absolute Gasteiger partial charge is 0.462 e. The molecule has 0 radical (unpaired) electrons. The van der Waals surface area contributed by atoms with Crippen LogP contribution in [0.3, 0.4) is 0 Å². The van der Waals surface area contributed by atoms with Crippen LogP contribution in [0.15, 0.2) is 29.2 Å². The normalized spacial score (nSPS) is 11.4. The molecular weight excluding hydrogens is 340 g/mol. The van der Waals surface area contributed by atoms with Crippen molar-refractivity contribution in [3.05, 3.63) is 29.8 Å². The average molecular weight is 371 g/mol. The molecule has 1 aromatic rings. The van der Waals surface area contributed by atoms with Gasteiger partial charge in [-0.25, -0.2) is 4.79 Å². The number of ether oxygens (including phenoxy) is 1. The lowest BCUT2D eigenvalue weighted by Crippen LogP contribution is -2.07. The number of unbranched alkanes of at least 4 members (excludes halogenated alkanes) is 9. The molecule has 142 valence electrons. The monoisotopic (exact) mass is 370 g/mol. The molecular formula is C19H30O5S. The Morgan fingerprint density at radius 1 is 0.880 bits per heavy atom. The molecule has 0 aliphatic rings. The van der Waals surface area contributed by atoms with Gasteiger partial charge in [-0.15, -0.1) is 0 Å². The van der Waals surface area contributed by atoms with Crippen molar-refractivity contribution in [3.63, 3.8) is 0 Å². The standard InChI is InChI=1S/C19H30O5S/c1-2-3-4-5-6-7-8-9-10-11-16-24-19(20)17-12-14-18(15-13-17)25(21,22)23/h12-15H,2-11,16H2,1H3,(H,21,22,23). The molecule has 5 nitrogen and oxygen atoms in total. The summed E-state index contributed by atoms with van der Waals surface area (Å²) in [6.45, 7) is 2.59. The molecule has 0 amide bonds. The Morgan fingerprint density at radius 2 is 1.36 bits per heavy atom. The molecule has 1 N–H and O–H groups in total. The Balaban J connectivity index is 2.09. The van der Waals surface area contributed by atoms with Crippen LogP contribution in [0, 0.1) is 0 Å². The third-order valence-electron chi connectivity index (χ3n) is 4.12. The predicted octanol–water partition coefficient (Wildman–Crippen LogP) is 5.01. The van der Waals surface area contributed by atoms with Gasteiger partial charge in [0.05, 0.1) is 17.1 Å². The molecule has 0 bridgehead atoms. The van der Waals surface area contributed by atoms with Crippen LogP contribution in [0.2, 0.25) is 0 Å². The van der Waals surface area contributed by atoms with Crippen LogP contribution in [0.4, 0.5) is 0 Å². The fraction of sp³-hybridized carbons (Fsp3) is 0.632. The second-order valence-corrected chi connectivity index (χ2v) is 7.74. The molecule has 0 unspecified atom stereocenters. The molecule has 1 aromatic carbocycles. The summed E-state index contributed by atoms with van der Waals surface area (Å²) in [6, 6.07) is 5.05. The predicted molar refractivity (Wildman–Crippen MR) is 98.4 cm³/mol. The number of carbonyl (C=O) groups excluding carboxylic acids is 1. The Bertz CT molecular complexity index is 593. The van der Waals surface area contributed by atoms with E-state index in [1.165, 1.54) is 69.2 Å². The summed E-state index contributed by atoms with van der Waals surface area (Å²) in [5.41, 5.74) is 0.277. The highest BCUT2D eigenvalue weighted by Crippen LogP contribution is 2.12. The van der Waals surface area contributed by atoms with E-state index >= 15 is 0 Å². The van der Waals surface area contributed by atoms with Crippen molar-refractivity contribution in [1.29, 1.82) is 0 Å². The van der Waals surface area contributed by atoms with Crippen LogP contribution in [0.25, 0.3) is 0 Å². The van der Waals surface area contributed by atoms with Crippen LogP contribution in [0.1, 0.15) is 81.5 Å². The summed E-state index contributed by atoms with van der Waals surface area (Å²) >= 11 is 0. The molecule has 0 aliphatic carbocycles. The number of esters is 1. The average Bonchev–Trinajstić information content (AvgIpc) is 2.59. The zero-order chi connectivity index (χ0) is 18.5. The van der Waals surface area contributed by atoms with Gasteiger partial charge in [-0.2, -0.15) is 8.42 Å². The lowest BCUT2D eigenvalue weighted by molar-refractivity contribution is 0.0497. The van der Waals surface area contributed by atoms with Crippen LogP contribution in [-0.4, -0.2) is 25.5 Å². The minimum atomic E-state index is -4.24. The van der Waals surface area contributed by atoms with E-state index < -0.39 is 16.1 Å². The van der Waals surface area contributed by atoms with Gasteiger partial charge in [0.1, 0.15) is 0 Å². The third-order valence-corrected chi connectivity index (χ3v) is 4.99. The van der Waals surface area contributed by atoms with Gasteiger partial charge in [0.15, 0.2) is 0 Å². The second-order valence-electron chi connectivity index (χ2n) is 6.32. The minimum Gasteiger partial charge on any atom is -0.462 e. The maximum Gasteiger partial charge on any atom is 0.338 e. The van der Waals surface area contributed by atoms with Gasteiger partial charge in [0.25, 0.3) is 10.1 Å². The maximum atomic E-state index is 11.8. The first kappa shape index (κ1) is 21.6. The Labute approximate surface area is 151 Å². The van der Waals surface area contributed by atoms with Crippen molar-refractivity contribution in [2.45, 2.75) is 76.0 Å². The smallest absolute Gasteiger partial charge is 0.338 e. The van der Waals surface area contributed by atoms with E-state index in [1.807, 2.05) is 0 Å². The number of hydrogen-bond donors (Lipinski definition) is 1. The minimum absolute atomic E-state index is 0.237.